The van der Waals surface area contributed by atoms with E-state index in [-0.39, 0.29) is 16.6 Å². The number of sulfonamides is 1. The Kier molecular flexibility index (Phi) is 5.18. The summed E-state index contributed by atoms with van der Waals surface area (Å²) < 4.78 is 33.4. The Bertz CT molecular complexity index is 904. The van der Waals surface area contributed by atoms with Gasteiger partial charge in [0.15, 0.2) is 0 Å². The third-order valence-corrected chi connectivity index (χ3v) is 5.86. The lowest BCUT2D eigenvalue weighted by atomic mass is 10.1. The normalized spacial score (nSPS) is 13.8. The van der Waals surface area contributed by atoms with E-state index >= 15 is 0 Å². The van der Waals surface area contributed by atoms with Gasteiger partial charge in [0, 0.05) is 24.3 Å². The maximum Gasteiger partial charge on any atom is 0.265 e. The van der Waals surface area contributed by atoms with E-state index in [4.69, 9.17) is 4.74 Å². The Labute approximate surface area is 153 Å². The Morgan fingerprint density at radius 2 is 1.85 bits per heavy atom. The second-order valence-corrected chi connectivity index (χ2v) is 7.82. The fourth-order valence-electron chi connectivity index (χ4n) is 2.74. The summed E-state index contributed by atoms with van der Waals surface area (Å²) in [6.07, 6.45) is 1.85. The lowest BCUT2D eigenvalue weighted by molar-refractivity contribution is 0.0651. The summed E-state index contributed by atoms with van der Waals surface area (Å²) >= 11 is 0. The average Bonchev–Trinajstić information content (AvgIpc) is 2.60. The van der Waals surface area contributed by atoms with Crippen LogP contribution < -0.4 is 9.46 Å². The van der Waals surface area contributed by atoms with Crippen LogP contribution in [0.2, 0.25) is 0 Å². The van der Waals surface area contributed by atoms with E-state index < -0.39 is 10.0 Å². The topological polar surface area (TPSA) is 75.7 Å². The predicted molar refractivity (Wildman–Crippen MR) is 100 cm³/mol. The number of carbonyl (C=O) groups is 1. The van der Waals surface area contributed by atoms with Crippen LogP contribution in [0.3, 0.4) is 0 Å². The molecule has 1 aliphatic heterocycles. The van der Waals surface area contributed by atoms with Crippen LogP contribution in [0.15, 0.2) is 47.4 Å². The third-order valence-electron chi connectivity index (χ3n) is 4.46. The van der Waals surface area contributed by atoms with Gasteiger partial charge in [0.25, 0.3) is 15.9 Å². The van der Waals surface area contributed by atoms with Crippen LogP contribution in [-0.4, -0.2) is 39.4 Å². The molecule has 3 rings (SSSR count). The molecule has 6 nitrogen and oxygen atoms in total. The number of carbonyl (C=O) groups excluding carboxylic acids is 1. The molecule has 2 aromatic rings. The van der Waals surface area contributed by atoms with Crippen LogP contribution in [-0.2, 0) is 16.4 Å². The van der Waals surface area contributed by atoms with Crippen molar-refractivity contribution in [2.24, 2.45) is 0 Å². The molecule has 1 saturated heterocycles. The van der Waals surface area contributed by atoms with E-state index in [1.54, 1.807) is 23.1 Å². The van der Waals surface area contributed by atoms with Crippen LogP contribution in [0.5, 0.6) is 5.75 Å². The van der Waals surface area contributed by atoms with Crippen molar-refractivity contribution >= 4 is 21.6 Å². The van der Waals surface area contributed by atoms with E-state index in [0.717, 1.165) is 18.4 Å². The molecule has 1 fully saturated rings. The number of nitrogens with zero attached hydrogens (tertiary/aromatic N) is 1. The zero-order chi connectivity index (χ0) is 18.7. The first-order valence-electron chi connectivity index (χ1n) is 8.53. The van der Waals surface area contributed by atoms with Crippen LogP contribution in [0.1, 0.15) is 29.3 Å². The molecule has 0 saturated carbocycles. The van der Waals surface area contributed by atoms with E-state index in [0.29, 0.717) is 24.3 Å². The van der Waals surface area contributed by atoms with Gasteiger partial charge in [-0.2, -0.15) is 0 Å². The lowest BCUT2D eigenvalue weighted by Gasteiger charge is -2.31. The number of aryl methyl sites for hydroxylation is 1. The van der Waals surface area contributed by atoms with Crippen LogP contribution >= 0.6 is 0 Å². The molecule has 26 heavy (non-hydrogen) atoms. The van der Waals surface area contributed by atoms with Gasteiger partial charge in [0.2, 0.25) is 0 Å². The zero-order valence-electron chi connectivity index (χ0n) is 14.9. The minimum Gasteiger partial charge on any atom is -0.495 e. The highest BCUT2D eigenvalue weighted by molar-refractivity contribution is 7.92. The van der Waals surface area contributed by atoms with Gasteiger partial charge in [-0.1, -0.05) is 19.1 Å². The minimum atomic E-state index is -3.89. The molecule has 0 aliphatic carbocycles. The van der Waals surface area contributed by atoms with Gasteiger partial charge in [-0.3, -0.25) is 9.52 Å². The highest BCUT2D eigenvalue weighted by Gasteiger charge is 2.26. The quantitative estimate of drug-likeness (QED) is 0.844. The molecular formula is C19H22N2O4S. The fraction of sp³-hybridized carbons (Fsp3) is 0.316. The van der Waals surface area contributed by atoms with Crippen molar-refractivity contribution in [3.8, 4) is 5.75 Å². The van der Waals surface area contributed by atoms with Crippen molar-refractivity contribution in [1.29, 1.82) is 0 Å². The first-order chi connectivity index (χ1) is 12.4. The number of amides is 1. The molecule has 1 amide bonds. The Morgan fingerprint density at radius 3 is 2.38 bits per heavy atom. The van der Waals surface area contributed by atoms with Gasteiger partial charge in [-0.15, -0.1) is 0 Å². The van der Waals surface area contributed by atoms with E-state index in [1.165, 1.54) is 19.2 Å². The van der Waals surface area contributed by atoms with Crippen molar-refractivity contribution in [1.82, 2.24) is 4.90 Å². The molecule has 1 aliphatic rings. The van der Waals surface area contributed by atoms with Crippen molar-refractivity contribution in [3.05, 3.63) is 53.6 Å². The molecule has 0 spiro atoms. The standard InChI is InChI=1S/C19H22N2O4S/c1-3-14-5-8-16(9-6-14)20-26(23,24)18-13-15(7-10-17(18)25-2)19(22)21-11-4-12-21/h5-10,13,20H,3-4,11-12H2,1-2H3. The number of ether oxygens (including phenoxy) is 1. The molecule has 2 aromatic carbocycles. The smallest absolute Gasteiger partial charge is 0.265 e. The summed E-state index contributed by atoms with van der Waals surface area (Å²) in [5.41, 5.74) is 1.92. The number of hydrogen-bond acceptors (Lipinski definition) is 4. The van der Waals surface area contributed by atoms with Gasteiger partial charge in [0.05, 0.1) is 7.11 Å². The number of benzene rings is 2. The number of methoxy groups -OCH3 is 1. The number of anilines is 1. The first-order valence-corrected chi connectivity index (χ1v) is 10.0. The summed E-state index contributed by atoms with van der Waals surface area (Å²) in [5.74, 6) is 0.0329. The van der Waals surface area contributed by atoms with E-state index in [9.17, 15) is 13.2 Å². The van der Waals surface area contributed by atoms with Gasteiger partial charge >= 0.3 is 0 Å². The van der Waals surface area contributed by atoms with Crippen LogP contribution in [0.25, 0.3) is 0 Å². The molecular weight excluding hydrogens is 352 g/mol. The molecule has 0 radical (unpaired) electrons. The molecule has 0 bridgehead atoms. The zero-order valence-corrected chi connectivity index (χ0v) is 15.7. The summed E-state index contributed by atoms with van der Waals surface area (Å²) in [5, 5.41) is 0. The molecule has 0 aromatic heterocycles. The monoisotopic (exact) mass is 374 g/mol. The summed E-state index contributed by atoms with van der Waals surface area (Å²) in [4.78, 5) is 14.0. The molecule has 0 atom stereocenters. The minimum absolute atomic E-state index is 0.0501. The van der Waals surface area contributed by atoms with Crippen LogP contribution in [0, 0.1) is 0 Å². The molecule has 1 heterocycles. The van der Waals surface area contributed by atoms with Crippen molar-refractivity contribution in [3.63, 3.8) is 0 Å². The van der Waals surface area contributed by atoms with Gasteiger partial charge < -0.3 is 9.64 Å². The largest absolute Gasteiger partial charge is 0.495 e. The maximum absolute atomic E-state index is 12.8. The van der Waals surface area contributed by atoms with Crippen molar-refractivity contribution < 1.29 is 17.9 Å². The molecule has 1 N–H and O–H groups in total. The van der Waals surface area contributed by atoms with Crippen molar-refractivity contribution in [2.75, 3.05) is 24.9 Å². The highest BCUT2D eigenvalue weighted by Crippen LogP contribution is 2.28. The Morgan fingerprint density at radius 1 is 1.15 bits per heavy atom. The highest BCUT2D eigenvalue weighted by atomic mass is 32.2. The summed E-state index contributed by atoms with van der Waals surface area (Å²) in [7, 11) is -2.49. The van der Waals surface area contributed by atoms with Gasteiger partial charge in [-0.05, 0) is 48.7 Å². The second kappa shape index (κ2) is 7.37. The average molecular weight is 374 g/mol. The van der Waals surface area contributed by atoms with E-state index in [2.05, 4.69) is 4.72 Å². The van der Waals surface area contributed by atoms with Crippen molar-refractivity contribution in [2.45, 2.75) is 24.7 Å². The van der Waals surface area contributed by atoms with Crippen LogP contribution in [0.4, 0.5) is 5.69 Å². The third kappa shape index (κ3) is 3.67. The molecule has 0 unspecified atom stereocenters. The molecule has 7 heteroatoms. The number of rotatable bonds is 6. The maximum atomic E-state index is 12.8. The SMILES string of the molecule is CCc1ccc(NS(=O)(=O)c2cc(C(=O)N3CCC3)ccc2OC)cc1. The molecule has 138 valence electrons. The lowest BCUT2D eigenvalue weighted by Crippen LogP contribution is -2.42. The Balaban J connectivity index is 1.92. The number of hydrogen-bond donors (Lipinski definition) is 1. The summed E-state index contributed by atoms with van der Waals surface area (Å²) in [6.45, 7) is 3.44. The number of likely N-dealkylation sites (tertiary alicyclic amines) is 1. The fourth-order valence-corrected chi connectivity index (χ4v) is 3.99. The second-order valence-electron chi connectivity index (χ2n) is 6.17. The van der Waals surface area contributed by atoms with E-state index in [1.807, 2.05) is 19.1 Å². The number of nitrogens with one attached hydrogen (secondary N) is 1. The van der Waals surface area contributed by atoms with Gasteiger partial charge in [0.1, 0.15) is 10.6 Å². The predicted octanol–water partition coefficient (Wildman–Crippen LogP) is 2.90. The Hall–Kier alpha value is -2.54. The summed E-state index contributed by atoms with van der Waals surface area (Å²) in [6, 6.07) is 11.7. The van der Waals surface area contributed by atoms with Gasteiger partial charge in [-0.25, -0.2) is 8.42 Å². The first kappa shape index (κ1) is 18.3.